The van der Waals surface area contributed by atoms with Crippen LogP contribution in [0.1, 0.15) is 18.6 Å². The first-order valence-electron chi connectivity index (χ1n) is 5.58. The van der Waals surface area contributed by atoms with Crippen molar-refractivity contribution in [2.75, 3.05) is 0 Å². The highest BCUT2D eigenvalue weighted by Gasteiger charge is 2.11. The quantitative estimate of drug-likeness (QED) is 0.901. The second-order valence-electron chi connectivity index (χ2n) is 4.04. The normalized spacial score (nSPS) is 12.3. The van der Waals surface area contributed by atoms with Crippen molar-refractivity contribution in [1.29, 1.82) is 0 Å². The minimum atomic E-state index is -0.683. The summed E-state index contributed by atoms with van der Waals surface area (Å²) in [6, 6.07) is 7.52. The summed E-state index contributed by atoms with van der Waals surface area (Å²) >= 11 is 5.96. The van der Waals surface area contributed by atoms with Gasteiger partial charge in [-0.2, -0.15) is 0 Å². The maximum absolute atomic E-state index is 13.4. The van der Waals surface area contributed by atoms with Gasteiger partial charge in [-0.1, -0.05) is 17.7 Å². The third-order valence-corrected chi connectivity index (χ3v) is 2.85. The van der Waals surface area contributed by atoms with Gasteiger partial charge in [0.1, 0.15) is 11.6 Å². The van der Waals surface area contributed by atoms with E-state index in [4.69, 9.17) is 16.3 Å². The molecule has 0 aliphatic heterocycles. The van der Waals surface area contributed by atoms with Gasteiger partial charge in [0.25, 0.3) is 0 Å². The molecule has 0 unspecified atom stereocenters. The molecule has 2 rings (SSSR count). The van der Waals surface area contributed by atoms with Crippen LogP contribution in [0.4, 0.5) is 8.78 Å². The summed E-state index contributed by atoms with van der Waals surface area (Å²) in [6.07, 6.45) is -0.669. The minimum Gasteiger partial charge on any atom is -0.453 e. The minimum absolute atomic E-state index is 0.190. The van der Waals surface area contributed by atoms with Gasteiger partial charge >= 0.3 is 0 Å². The van der Waals surface area contributed by atoms with E-state index in [1.807, 2.05) is 0 Å². The molecule has 0 aliphatic carbocycles. The molecule has 0 heterocycles. The lowest BCUT2D eigenvalue weighted by atomic mass is 10.1. The number of halogens is 3. The molecule has 0 aliphatic rings. The van der Waals surface area contributed by atoms with E-state index in [-0.39, 0.29) is 16.5 Å². The fraction of sp³-hybridized carbons (Fsp3) is 0.143. The van der Waals surface area contributed by atoms with Gasteiger partial charge in [-0.3, -0.25) is 0 Å². The summed E-state index contributed by atoms with van der Waals surface area (Å²) in [5.74, 6) is -1.34. The Labute approximate surface area is 114 Å². The van der Waals surface area contributed by atoms with Crippen LogP contribution >= 0.6 is 11.6 Å². The number of aliphatic hydroxyl groups is 1. The molecular weight excluding hydrogens is 274 g/mol. The van der Waals surface area contributed by atoms with Crippen molar-refractivity contribution in [3.8, 4) is 11.5 Å². The molecule has 19 heavy (non-hydrogen) atoms. The van der Waals surface area contributed by atoms with Gasteiger partial charge in [-0.25, -0.2) is 8.78 Å². The van der Waals surface area contributed by atoms with Gasteiger partial charge in [0.15, 0.2) is 11.6 Å². The van der Waals surface area contributed by atoms with E-state index >= 15 is 0 Å². The molecule has 5 heteroatoms. The van der Waals surface area contributed by atoms with Crippen LogP contribution in [-0.2, 0) is 0 Å². The Morgan fingerprint density at radius 2 is 1.84 bits per heavy atom. The van der Waals surface area contributed by atoms with E-state index < -0.39 is 17.7 Å². The lowest BCUT2D eigenvalue weighted by molar-refractivity contribution is 0.199. The Morgan fingerprint density at radius 1 is 1.11 bits per heavy atom. The molecule has 0 bridgehead atoms. The van der Waals surface area contributed by atoms with Gasteiger partial charge in [-0.15, -0.1) is 0 Å². The van der Waals surface area contributed by atoms with Crippen LogP contribution in [0.5, 0.6) is 11.5 Å². The topological polar surface area (TPSA) is 29.5 Å². The SMILES string of the molecule is C[C@H](O)c1ccc(Oc2cc(F)ccc2F)c(Cl)c1. The summed E-state index contributed by atoms with van der Waals surface area (Å²) in [4.78, 5) is 0. The van der Waals surface area contributed by atoms with Crippen molar-refractivity contribution in [3.05, 3.63) is 58.6 Å². The maximum atomic E-state index is 13.4. The first-order chi connectivity index (χ1) is 8.97. The molecule has 100 valence electrons. The van der Waals surface area contributed by atoms with Gasteiger partial charge in [0.05, 0.1) is 11.1 Å². The number of hydrogen-bond acceptors (Lipinski definition) is 2. The van der Waals surface area contributed by atoms with Crippen LogP contribution in [0, 0.1) is 11.6 Å². The average Bonchev–Trinajstić information content (AvgIpc) is 2.36. The van der Waals surface area contributed by atoms with Crippen molar-refractivity contribution in [2.45, 2.75) is 13.0 Å². The van der Waals surface area contributed by atoms with E-state index in [1.165, 1.54) is 12.1 Å². The second kappa shape index (κ2) is 5.55. The fourth-order valence-corrected chi connectivity index (χ4v) is 1.76. The van der Waals surface area contributed by atoms with Crippen LogP contribution in [0.15, 0.2) is 36.4 Å². The number of rotatable bonds is 3. The zero-order valence-electron chi connectivity index (χ0n) is 10.0. The zero-order chi connectivity index (χ0) is 14.0. The lowest BCUT2D eigenvalue weighted by Gasteiger charge is -2.11. The number of benzene rings is 2. The van der Waals surface area contributed by atoms with E-state index in [1.54, 1.807) is 13.0 Å². The Balaban J connectivity index is 2.31. The summed E-state index contributed by atoms with van der Waals surface area (Å²) in [5, 5.41) is 9.61. The monoisotopic (exact) mass is 284 g/mol. The van der Waals surface area contributed by atoms with Gasteiger partial charge in [0.2, 0.25) is 0 Å². The molecule has 1 N–H and O–H groups in total. The van der Waals surface area contributed by atoms with Crippen LogP contribution in [-0.4, -0.2) is 5.11 Å². The first-order valence-corrected chi connectivity index (χ1v) is 5.95. The highest BCUT2D eigenvalue weighted by Crippen LogP contribution is 2.33. The second-order valence-corrected chi connectivity index (χ2v) is 4.45. The van der Waals surface area contributed by atoms with Crippen LogP contribution in [0.2, 0.25) is 5.02 Å². The number of aliphatic hydroxyl groups excluding tert-OH is 1. The van der Waals surface area contributed by atoms with Crippen LogP contribution < -0.4 is 4.74 Å². The van der Waals surface area contributed by atoms with Gasteiger partial charge < -0.3 is 9.84 Å². The third-order valence-electron chi connectivity index (χ3n) is 2.55. The molecular formula is C14H11ClF2O2. The van der Waals surface area contributed by atoms with Crippen molar-refractivity contribution >= 4 is 11.6 Å². The molecule has 0 saturated carbocycles. The molecule has 2 aromatic carbocycles. The van der Waals surface area contributed by atoms with Crippen molar-refractivity contribution in [3.63, 3.8) is 0 Å². The molecule has 0 spiro atoms. The zero-order valence-corrected chi connectivity index (χ0v) is 10.8. The Morgan fingerprint density at radius 3 is 2.47 bits per heavy atom. The smallest absolute Gasteiger partial charge is 0.166 e. The Kier molecular flexibility index (Phi) is 4.02. The predicted molar refractivity (Wildman–Crippen MR) is 68.5 cm³/mol. The van der Waals surface area contributed by atoms with Crippen LogP contribution in [0.3, 0.4) is 0 Å². The van der Waals surface area contributed by atoms with Crippen molar-refractivity contribution < 1.29 is 18.6 Å². The molecule has 0 radical (unpaired) electrons. The average molecular weight is 285 g/mol. The highest BCUT2D eigenvalue weighted by molar-refractivity contribution is 6.32. The largest absolute Gasteiger partial charge is 0.453 e. The van der Waals surface area contributed by atoms with E-state index in [2.05, 4.69) is 0 Å². The molecule has 0 fully saturated rings. The number of ether oxygens (including phenoxy) is 1. The third kappa shape index (κ3) is 3.22. The molecule has 0 aromatic heterocycles. The van der Waals surface area contributed by atoms with Crippen molar-refractivity contribution in [2.24, 2.45) is 0 Å². The summed E-state index contributed by atoms with van der Waals surface area (Å²) in [6.45, 7) is 1.60. The standard InChI is InChI=1S/C14H11ClF2O2/c1-8(18)9-2-5-13(11(15)6-9)19-14-7-10(16)3-4-12(14)17/h2-8,18H,1H3/t8-/m0/s1. The summed E-state index contributed by atoms with van der Waals surface area (Å²) in [5.41, 5.74) is 0.608. The molecule has 2 nitrogen and oxygen atoms in total. The molecule has 0 saturated heterocycles. The van der Waals surface area contributed by atoms with E-state index in [9.17, 15) is 13.9 Å². The van der Waals surface area contributed by atoms with E-state index in [0.717, 1.165) is 18.2 Å². The fourth-order valence-electron chi connectivity index (χ4n) is 1.53. The molecule has 0 amide bonds. The highest BCUT2D eigenvalue weighted by atomic mass is 35.5. The predicted octanol–water partition coefficient (Wildman–Crippen LogP) is 4.46. The molecule has 1 atom stereocenters. The van der Waals surface area contributed by atoms with Crippen molar-refractivity contribution in [1.82, 2.24) is 0 Å². The molecule has 2 aromatic rings. The Hall–Kier alpha value is -1.65. The summed E-state index contributed by atoms with van der Waals surface area (Å²) < 4.78 is 31.7. The first kappa shape index (κ1) is 13.8. The van der Waals surface area contributed by atoms with Crippen LogP contribution in [0.25, 0.3) is 0 Å². The Bertz CT molecular complexity index is 600. The lowest BCUT2D eigenvalue weighted by Crippen LogP contribution is -1.94. The van der Waals surface area contributed by atoms with E-state index in [0.29, 0.717) is 5.56 Å². The maximum Gasteiger partial charge on any atom is 0.166 e. The van der Waals surface area contributed by atoms with Gasteiger partial charge in [0, 0.05) is 6.07 Å². The summed E-state index contributed by atoms with van der Waals surface area (Å²) in [7, 11) is 0. The number of hydrogen-bond donors (Lipinski definition) is 1. The van der Waals surface area contributed by atoms with Gasteiger partial charge in [-0.05, 0) is 36.8 Å².